The Bertz CT molecular complexity index is 582. The molecule has 4 heteroatoms. The molecule has 2 heterocycles. The zero-order valence-corrected chi connectivity index (χ0v) is 13.9. The van der Waals surface area contributed by atoms with E-state index in [1.807, 2.05) is 13.0 Å². The highest BCUT2D eigenvalue weighted by Gasteiger charge is 2.26. The summed E-state index contributed by atoms with van der Waals surface area (Å²) in [5, 5.41) is 13.3. The lowest BCUT2D eigenvalue weighted by Gasteiger charge is -2.36. The van der Waals surface area contributed by atoms with E-state index in [9.17, 15) is 5.11 Å². The van der Waals surface area contributed by atoms with Gasteiger partial charge in [0.15, 0.2) is 0 Å². The molecular formula is C18H24N2OS. The average Bonchev–Trinajstić information content (AvgIpc) is 2.96. The van der Waals surface area contributed by atoms with Gasteiger partial charge in [0, 0.05) is 24.4 Å². The molecule has 22 heavy (non-hydrogen) atoms. The van der Waals surface area contributed by atoms with E-state index < -0.39 is 0 Å². The summed E-state index contributed by atoms with van der Waals surface area (Å²) in [6, 6.07) is 10.8. The fourth-order valence-electron chi connectivity index (χ4n) is 3.24. The maximum absolute atomic E-state index is 9.97. The molecule has 2 unspecified atom stereocenters. The molecule has 1 fully saturated rings. The van der Waals surface area contributed by atoms with Crippen LogP contribution in [0.5, 0.6) is 0 Å². The van der Waals surface area contributed by atoms with E-state index in [0.717, 1.165) is 31.6 Å². The summed E-state index contributed by atoms with van der Waals surface area (Å²) < 4.78 is 0. The highest BCUT2D eigenvalue weighted by molar-refractivity contribution is 7.09. The Labute approximate surface area is 136 Å². The Kier molecular flexibility index (Phi) is 5.24. The highest BCUT2D eigenvalue weighted by atomic mass is 32.1. The molecule has 2 atom stereocenters. The highest BCUT2D eigenvalue weighted by Crippen LogP contribution is 2.23. The van der Waals surface area contributed by atoms with Gasteiger partial charge in [-0.1, -0.05) is 36.8 Å². The molecule has 118 valence electrons. The minimum atomic E-state index is -0.261. The first-order valence-corrected chi connectivity index (χ1v) is 8.99. The van der Waals surface area contributed by atoms with Gasteiger partial charge < -0.3 is 5.11 Å². The molecule has 3 rings (SSSR count). The van der Waals surface area contributed by atoms with Gasteiger partial charge in [0.05, 0.1) is 16.8 Å². The smallest absolute Gasteiger partial charge is 0.0972 e. The SMILES string of the molecule is CC(O)C1CCCCN1Cc1csc(Cc2ccccc2)n1. The summed E-state index contributed by atoms with van der Waals surface area (Å²) in [6.45, 7) is 3.84. The summed E-state index contributed by atoms with van der Waals surface area (Å²) >= 11 is 1.74. The minimum absolute atomic E-state index is 0.261. The van der Waals surface area contributed by atoms with Crippen LogP contribution in [0.3, 0.4) is 0 Å². The Hall–Kier alpha value is -1.23. The van der Waals surface area contributed by atoms with Crippen LogP contribution in [0.15, 0.2) is 35.7 Å². The summed E-state index contributed by atoms with van der Waals surface area (Å²) in [5.74, 6) is 0. The van der Waals surface area contributed by atoms with Crippen molar-refractivity contribution in [1.29, 1.82) is 0 Å². The Morgan fingerprint density at radius 3 is 2.91 bits per heavy atom. The molecule has 0 saturated carbocycles. The maximum Gasteiger partial charge on any atom is 0.0972 e. The number of likely N-dealkylation sites (tertiary alicyclic amines) is 1. The van der Waals surface area contributed by atoms with Gasteiger partial charge in [-0.15, -0.1) is 11.3 Å². The van der Waals surface area contributed by atoms with Crippen LogP contribution >= 0.6 is 11.3 Å². The zero-order valence-electron chi connectivity index (χ0n) is 13.1. The number of hydrogen-bond donors (Lipinski definition) is 1. The molecule has 0 bridgehead atoms. The van der Waals surface area contributed by atoms with Crippen LogP contribution in [0.2, 0.25) is 0 Å². The van der Waals surface area contributed by atoms with Crippen molar-refractivity contribution in [3.63, 3.8) is 0 Å². The molecule has 1 saturated heterocycles. The first-order valence-electron chi connectivity index (χ1n) is 8.11. The second kappa shape index (κ2) is 7.36. The zero-order chi connectivity index (χ0) is 15.4. The molecule has 0 amide bonds. The van der Waals surface area contributed by atoms with Crippen molar-refractivity contribution in [1.82, 2.24) is 9.88 Å². The third-order valence-corrected chi connectivity index (χ3v) is 5.28. The minimum Gasteiger partial charge on any atom is -0.392 e. The van der Waals surface area contributed by atoms with Gasteiger partial charge in [0.2, 0.25) is 0 Å². The lowest BCUT2D eigenvalue weighted by atomic mass is 9.98. The lowest BCUT2D eigenvalue weighted by Crippen LogP contribution is -2.45. The van der Waals surface area contributed by atoms with Crippen LogP contribution in [0.1, 0.15) is 42.5 Å². The van der Waals surface area contributed by atoms with Crippen LogP contribution in [-0.2, 0) is 13.0 Å². The number of thiazole rings is 1. The van der Waals surface area contributed by atoms with Gasteiger partial charge in [0.1, 0.15) is 0 Å². The second-order valence-corrected chi connectivity index (χ2v) is 7.11. The van der Waals surface area contributed by atoms with Crippen LogP contribution in [0.4, 0.5) is 0 Å². The van der Waals surface area contributed by atoms with E-state index in [1.165, 1.54) is 23.4 Å². The van der Waals surface area contributed by atoms with Gasteiger partial charge in [-0.3, -0.25) is 4.90 Å². The number of hydrogen-bond acceptors (Lipinski definition) is 4. The van der Waals surface area contributed by atoms with Gasteiger partial charge in [-0.25, -0.2) is 4.98 Å². The quantitative estimate of drug-likeness (QED) is 0.917. The Morgan fingerprint density at radius 1 is 1.32 bits per heavy atom. The summed E-state index contributed by atoms with van der Waals surface area (Å²) in [6.07, 6.45) is 4.19. The summed E-state index contributed by atoms with van der Waals surface area (Å²) in [4.78, 5) is 7.19. The van der Waals surface area contributed by atoms with E-state index in [1.54, 1.807) is 11.3 Å². The Morgan fingerprint density at radius 2 is 2.14 bits per heavy atom. The summed E-state index contributed by atoms with van der Waals surface area (Å²) in [7, 11) is 0. The summed E-state index contributed by atoms with van der Waals surface area (Å²) in [5.41, 5.74) is 2.45. The number of rotatable bonds is 5. The van der Waals surface area contributed by atoms with Crippen molar-refractivity contribution < 1.29 is 5.11 Å². The molecule has 1 aromatic carbocycles. The fraction of sp³-hybridized carbons (Fsp3) is 0.500. The molecule has 0 radical (unpaired) electrons. The van der Waals surface area contributed by atoms with Crippen molar-refractivity contribution in [2.75, 3.05) is 6.54 Å². The number of aromatic nitrogens is 1. The maximum atomic E-state index is 9.97. The average molecular weight is 316 g/mol. The number of aliphatic hydroxyl groups is 1. The number of benzene rings is 1. The molecule has 0 aliphatic carbocycles. The number of piperidine rings is 1. The molecule has 1 N–H and O–H groups in total. The normalized spacial score (nSPS) is 20.9. The third kappa shape index (κ3) is 3.94. The van der Waals surface area contributed by atoms with Gasteiger partial charge in [0.25, 0.3) is 0 Å². The first-order chi connectivity index (χ1) is 10.7. The largest absolute Gasteiger partial charge is 0.392 e. The van der Waals surface area contributed by atoms with Crippen LogP contribution in [-0.4, -0.2) is 33.7 Å². The Balaban J connectivity index is 1.63. The molecule has 0 spiro atoms. The molecule has 1 aliphatic heterocycles. The number of nitrogens with zero attached hydrogens (tertiary/aromatic N) is 2. The predicted octanol–water partition coefficient (Wildman–Crippen LogP) is 3.47. The van der Waals surface area contributed by atoms with Gasteiger partial charge >= 0.3 is 0 Å². The van der Waals surface area contributed by atoms with E-state index in [-0.39, 0.29) is 12.1 Å². The van der Waals surface area contributed by atoms with E-state index in [4.69, 9.17) is 4.98 Å². The standard InChI is InChI=1S/C18H24N2OS/c1-14(21)17-9-5-6-10-20(17)12-16-13-22-18(19-16)11-15-7-3-2-4-8-15/h2-4,7-8,13-14,17,21H,5-6,9-12H2,1H3. The van der Waals surface area contributed by atoms with Crippen molar-refractivity contribution in [3.05, 3.63) is 52.0 Å². The third-order valence-electron chi connectivity index (χ3n) is 4.38. The molecule has 3 nitrogen and oxygen atoms in total. The molecule has 1 aliphatic rings. The molecule has 1 aromatic heterocycles. The van der Waals surface area contributed by atoms with E-state index in [2.05, 4.69) is 34.5 Å². The number of aliphatic hydroxyl groups excluding tert-OH is 1. The lowest BCUT2D eigenvalue weighted by molar-refractivity contribution is 0.0310. The van der Waals surface area contributed by atoms with Crippen LogP contribution < -0.4 is 0 Å². The fourth-order valence-corrected chi connectivity index (χ4v) is 4.06. The van der Waals surface area contributed by atoms with Crippen molar-refractivity contribution in [2.24, 2.45) is 0 Å². The van der Waals surface area contributed by atoms with Crippen LogP contribution in [0, 0.1) is 0 Å². The monoisotopic (exact) mass is 316 g/mol. The first kappa shape index (κ1) is 15.7. The van der Waals surface area contributed by atoms with Crippen molar-refractivity contribution in [2.45, 2.75) is 51.3 Å². The second-order valence-electron chi connectivity index (χ2n) is 6.17. The predicted molar refractivity (Wildman–Crippen MR) is 91.1 cm³/mol. The van der Waals surface area contributed by atoms with Gasteiger partial charge in [-0.05, 0) is 31.9 Å². The van der Waals surface area contributed by atoms with E-state index >= 15 is 0 Å². The topological polar surface area (TPSA) is 36.4 Å². The van der Waals surface area contributed by atoms with Crippen LogP contribution in [0.25, 0.3) is 0 Å². The molecule has 2 aromatic rings. The van der Waals surface area contributed by atoms with Crippen molar-refractivity contribution >= 4 is 11.3 Å². The van der Waals surface area contributed by atoms with Gasteiger partial charge in [-0.2, -0.15) is 0 Å². The molecular weight excluding hydrogens is 292 g/mol. The van der Waals surface area contributed by atoms with E-state index in [0.29, 0.717) is 0 Å². The van der Waals surface area contributed by atoms with Crippen molar-refractivity contribution in [3.8, 4) is 0 Å².